The molecule has 0 N–H and O–H groups in total. The summed E-state index contributed by atoms with van der Waals surface area (Å²) in [6, 6.07) is 18.5. The Morgan fingerprint density at radius 1 is 0.788 bits per heavy atom. The van der Waals surface area contributed by atoms with E-state index in [-0.39, 0.29) is 5.75 Å². The maximum absolute atomic E-state index is 12.4. The third kappa shape index (κ3) is 4.54. The highest BCUT2D eigenvalue weighted by Gasteiger charge is 2.15. The van der Waals surface area contributed by atoms with Gasteiger partial charge in [-0.25, -0.2) is 9.38 Å². The average Bonchev–Trinajstić information content (AvgIpc) is 3.25. The van der Waals surface area contributed by atoms with Crippen molar-refractivity contribution in [1.29, 1.82) is 0 Å². The first-order valence-corrected chi connectivity index (χ1v) is 9.77. The summed E-state index contributed by atoms with van der Waals surface area (Å²) in [4.78, 5) is 8.30. The van der Waals surface area contributed by atoms with E-state index in [4.69, 9.17) is 9.47 Å². The van der Waals surface area contributed by atoms with Crippen LogP contribution in [0.2, 0.25) is 0 Å². The minimum Gasteiger partial charge on any atom is -0.439 e. The Hall–Kier alpha value is -4.60. The van der Waals surface area contributed by atoms with Crippen LogP contribution in [0.3, 0.4) is 0 Å². The lowest BCUT2D eigenvalue weighted by molar-refractivity contribution is -0.0498. The molecule has 0 fully saturated rings. The fourth-order valence-electron chi connectivity index (χ4n) is 3.12. The number of hydrogen-bond acceptors (Lipinski definition) is 7. The predicted octanol–water partition coefficient (Wildman–Crippen LogP) is 5.37. The van der Waals surface area contributed by atoms with Gasteiger partial charge in [0, 0.05) is 23.9 Å². The molecule has 0 aliphatic rings. The SMILES string of the molecule is FC(F)Oc1ccc(-c2nnc3cncc(Oc4cccc(Oc5ccccn5)c4)n23)cc1. The Morgan fingerprint density at radius 3 is 2.36 bits per heavy atom. The number of pyridine rings is 1. The van der Waals surface area contributed by atoms with Gasteiger partial charge in [0.05, 0.1) is 12.4 Å². The van der Waals surface area contributed by atoms with Crippen LogP contribution in [0.5, 0.6) is 29.0 Å². The van der Waals surface area contributed by atoms with Gasteiger partial charge in [0.2, 0.25) is 11.8 Å². The molecule has 3 heterocycles. The molecule has 0 spiro atoms. The van der Waals surface area contributed by atoms with Crippen molar-refractivity contribution in [3.05, 3.63) is 85.3 Å². The summed E-state index contributed by atoms with van der Waals surface area (Å²) in [5, 5.41) is 8.33. The first-order chi connectivity index (χ1) is 16.2. The summed E-state index contributed by atoms with van der Waals surface area (Å²) in [6.45, 7) is -2.90. The van der Waals surface area contributed by atoms with Gasteiger partial charge in [-0.3, -0.25) is 4.98 Å². The summed E-state index contributed by atoms with van der Waals surface area (Å²) in [5.74, 6) is 2.36. The molecule has 0 saturated carbocycles. The van der Waals surface area contributed by atoms with Crippen LogP contribution in [0.1, 0.15) is 0 Å². The first kappa shape index (κ1) is 20.3. The summed E-state index contributed by atoms with van der Waals surface area (Å²) in [7, 11) is 0. The topological polar surface area (TPSA) is 83.7 Å². The zero-order valence-corrected chi connectivity index (χ0v) is 16.9. The summed E-state index contributed by atoms with van der Waals surface area (Å²) >= 11 is 0. The third-order valence-electron chi connectivity index (χ3n) is 4.51. The van der Waals surface area contributed by atoms with Gasteiger partial charge in [-0.05, 0) is 42.5 Å². The van der Waals surface area contributed by atoms with Crippen LogP contribution in [0.25, 0.3) is 17.0 Å². The number of halogens is 2. The average molecular weight is 447 g/mol. The number of hydrogen-bond donors (Lipinski definition) is 0. The lowest BCUT2D eigenvalue weighted by atomic mass is 10.2. The van der Waals surface area contributed by atoms with E-state index in [0.29, 0.717) is 40.3 Å². The lowest BCUT2D eigenvalue weighted by Gasteiger charge is -2.11. The van der Waals surface area contributed by atoms with Crippen LogP contribution >= 0.6 is 0 Å². The molecule has 0 aliphatic carbocycles. The maximum atomic E-state index is 12.4. The molecule has 0 bridgehead atoms. The van der Waals surface area contributed by atoms with Crippen LogP contribution in [-0.4, -0.2) is 31.2 Å². The highest BCUT2D eigenvalue weighted by atomic mass is 19.3. The minimum atomic E-state index is -2.90. The molecule has 2 aromatic carbocycles. The molecule has 0 amide bonds. The molecule has 3 aromatic heterocycles. The zero-order valence-electron chi connectivity index (χ0n) is 16.9. The van der Waals surface area contributed by atoms with Crippen molar-refractivity contribution in [1.82, 2.24) is 24.6 Å². The molecule has 0 atom stereocenters. The van der Waals surface area contributed by atoms with E-state index in [1.807, 2.05) is 6.07 Å². The van der Waals surface area contributed by atoms with Crippen LogP contribution in [0.15, 0.2) is 85.3 Å². The lowest BCUT2D eigenvalue weighted by Crippen LogP contribution is -2.01. The zero-order chi connectivity index (χ0) is 22.6. The van der Waals surface area contributed by atoms with Crippen LogP contribution in [0.4, 0.5) is 8.78 Å². The number of aromatic nitrogens is 5. The second-order valence-electron chi connectivity index (χ2n) is 6.71. The summed E-state index contributed by atoms with van der Waals surface area (Å²) in [5.41, 5.74) is 1.09. The highest BCUT2D eigenvalue weighted by Crippen LogP contribution is 2.30. The number of benzene rings is 2. The van der Waals surface area contributed by atoms with E-state index >= 15 is 0 Å². The van der Waals surface area contributed by atoms with Crippen molar-refractivity contribution < 1.29 is 23.0 Å². The third-order valence-corrected chi connectivity index (χ3v) is 4.51. The van der Waals surface area contributed by atoms with Gasteiger partial charge in [0.25, 0.3) is 0 Å². The Morgan fingerprint density at radius 2 is 1.61 bits per heavy atom. The number of nitrogens with zero attached hydrogens (tertiary/aromatic N) is 5. The molecule has 0 saturated heterocycles. The molecule has 33 heavy (non-hydrogen) atoms. The van der Waals surface area contributed by atoms with Crippen LogP contribution in [0, 0.1) is 0 Å². The van der Waals surface area contributed by atoms with E-state index in [1.54, 1.807) is 59.1 Å². The minimum absolute atomic E-state index is 0.0467. The van der Waals surface area contributed by atoms with Gasteiger partial charge >= 0.3 is 6.61 Å². The van der Waals surface area contributed by atoms with E-state index in [9.17, 15) is 8.78 Å². The quantitative estimate of drug-likeness (QED) is 0.332. The van der Waals surface area contributed by atoms with Gasteiger partial charge in [0.15, 0.2) is 11.5 Å². The first-order valence-electron chi connectivity index (χ1n) is 9.77. The monoisotopic (exact) mass is 447 g/mol. The molecule has 8 nitrogen and oxygen atoms in total. The fourth-order valence-corrected chi connectivity index (χ4v) is 3.12. The highest BCUT2D eigenvalue weighted by molar-refractivity contribution is 5.61. The second-order valence-corrected chi connectivity index (χ2v) is 6.71. The second kappa shape index (κ2) is 8.87. The van der Waals surface area contributed by atoms with E-state index in [0.717, 1.165) is 0 Å². The van der Waals surface area contributed by atoms with Crippen molar-refractivity contribution in [3.63, 3.8) is 0 Å². The molecule has 0 unspecified atom stereocenters. The standard InChI is InChI=1S/C23H15F2N5O3/c24-23(25)33-16-9-7-15(8-10-16)22-29-28-19-13-26-14-21(30(19)22)32-18-5-3-4-17(12-18)31-20-6-1-2-11-27-20/h1-14,23H. The van der Waals surface area contributed by atoms with Crippen molar-refractivity contribution in [3.8, 4) is 40.4 Å². The number of ether oxygens (including phenoxy) is 3. The predicted molar refractivity (Wildman–Crippen MR) is 114 cm³/mol. The smallest absolute Gasteiger partial charge is 0.387 e. The molecule has 10 heteroatoms. The molecule has 5 rings (SSSR count). The number of rotatable bonds is 7. The molecule has 164 valence electrons. The van der Waals surface area contributed by atoms with Crippen molar-refractivity contribution >= 4 is 5.65 Å². The van der Waals surface area contributed by atoms with Gasteiger partial charge < -0.3 is 14.2 Å². The normalized spacial score (nSPS) is 11.0. The summed E-state index contributed by atoms with van der Waals surface area (Å²) < 4.78 is 42.7. The summed E-state index contributed by atoms with van der Waals surface area (Å²) in [6.07, 6.45) is 4.71. The largest absolute Gasteiger partial charge is 0.439 e. The molecule has 5 aromatic rings. The molecule has 0 aliphatic heterocycles. The van der Waals surface area contributed by atoms with E-state index in [2.05, 4.69) is 24.9 Å². The van der Waals surface area contributed by atoms with Gasteiger partial charge in [-0.15, -0.1) is 10.2 Å². The molecule has 0 radical (unpaired) electrons. The Kier molecular flexibility index (Phi) is 5.46. The van der Waals surface area contributed by atoms with Crippen molar-refractivity contribution in [2.24, 2.45) is 0 Å². The van der Waals surface area contributed by atoms with Gasteiger partial charge in [-0.1, -0.05) is 12.1 Å². The number of fused-ring (bicyclic) bond motifs is 1. The van der Waals surface area contributed by atoms with Crippen molar-refractivity contribution in [2.75, 3.05) is 0 Å². The molecular formula is C23H15F2N5O3. The van der Waals surface area contributed by atoms with Crippen LogP contribution < -0.4 is 14.2 Å². The van der Waals surface area contributed by atoms with Crippen molar-refractivity contribution in [2.45, 2.75) is 6.61 Å². The van der Waals surface area contributed by atoms with E-state index < -0.39 is 6.61 Å². The fraction of sp³-hybridized carbons (Fsp3) is 0.0435. The van der Waals surface area contributed by atoms with Gasteiger partial charge in [0.1, 0.15) is 17.2 Å². The Bertz CT molecular complexity index is 1380. The number of alkyl halides is 2. The van der Waals surface area contributed by atoms with Gasteiger partial charge in [-0.2, -0.15) is 8.78 Å². The Labute approximate surface area is 186 Å². The molecular weight excluding hydrogens is 432 g/mol. The van der Waals surface area contributed by atoms with E-state index in [1.165, 1.54) is 24.5 Å². The van der Waals surface area contributed by atoms with Crippen LogP contribution in [-0.2, 0) is 0 Å². The maximum Gasteiger partial charge on any atom is 0.387 e. The Balaban J connectivity index is 1.45.